The van der Waals surface area contributed by atoms with Crippen molar-refractivity contribution in [2.45, 2.75) is 32.7 Å². The lowest BCUT2D eigenvalue weighted by atomic mass is 9.88. The van der Waals surface area contributed by atoms with Crippen LogP contribution in [0, 0.1) is 5.92 Å². The van der Waals surface area contributed by atoms with E-state index in [1.807, 2.05) is 23.6 Å². The van der Waals surface area contributed by atoms with Crippen LogP contribution in [0.1, 0.15) is 40.0 Å². The van der Waals surface area contributed by atoms with E-state index >= 15 is 0 Å². The summed E-state index contributed by atoms with van der Waals surface area (Å²) >= 11 is 1.69. The number of rotatable bonds is 3. The fourth-order valence-corrected chi connectivity index (χ4v) is 4.81. The maximum Gasteiger partial charge on any atom is 0.258 e. The Labute approximate surface area is 155 Å². The molecule has 0 spiro atoms. The third-order valence-corrected chi connectivity index (χ3v) is 6.08. The maximum atomic E-state index is 12.9. The van der Waals surface area contributed by atoms with Crippen molar-refractivity contribution in [2.75, 3.05) is 7.05 Å². The molecule has 4 rings (SSSR count). The average Bonchev–Trinajstić information content (AvgIpc) is 3.04. The number of para-hydroxylation sites is 1. The summed E-state index contributed by atoms with van der Waals surface area (Å²) in [5, 5.41) is 2.55. The van der Waals surface area contributed by atoms with Crippen molar-refractivity contribution in [1.82, 2.24) is 14.9 Å². The van der Waals surface area contributed by atoms with Gasteiger partial charge in [0, 0.05) is 17.3 Å². The number of nitrogens with one attached hydrogen (secondary N) is 1. The minimum atomic E-state index is -0.173. The van der Waals surface area contributed by atoms with Crippen LogP contribution in [-0.2, 0) is 19.4 Å². The van der Waals surface area contributed by atoms with Crippen LogP contribution in [0.15, 0.2) is 34.4 Å². The van der Waals surface area contributed by atoms with E-state index in [4.69, 9.17) is 0 Å². The predicted molar refractivity (Wildman–Crippen MR) is 104 cm³/mol. The van der Waals surface area contributed by atoms with Crippen LogP contribution < -0.4 is 5.56 Å². The highest BCUT2D eigenvalue weighted by Crippen LogP contribution is 2.33. The molecule has 0 radical (unpaired) electrons. The Morgan fingerprint density at radius 3 is 3.04 bits per heavy atom. The number of carbonyl (C=O) groups excluding carboxylic acids is 1. The van der Waals surface area contributed by atoms with E-state index < -0.39 is 0 Å². The van der Waals surface area contributed by atoms with Crippen molar-refractivity contribution in [3.63, 3.8) is 0 Å². The minimum Gasteiger partial charge on any atom is -0.334 e. The quantitative estimate of drug-likeness (QED) is 0.772. The zero-order chi connectivity index (χ0) is 18.3. The molecule has 5 nitrogen and oxygen atoms in total. The lowest BCUT2D eigenvalue weighted by Crippen LogP contribution is -2.29. The normalized spacial score (nSPS) is 16.5. The van der Waals surface area contributed by atoms with E-state index in [1.54, 1.807) is 29.4 Å². The number of fused-ring (bicyclic) bond motifs is 2. The summed E-state index contributed by atoms with van der Waals surface area (Å²) in [5.74, 6) is 1.18. The molecule has 0 saturated carbocycles. The zero-order valence-electron chi connectivity index (χ0n) is 14.9. The molecule has 1 aromatic carbocycles. The maximum absolute atomic E-state index is 12.9. The zero-order valence-corrected chi connectivity index (χ0v) is 15.7. The Balaban J connectivity index is 1.58. The van der Waals surface area contributed by atoms with Crippen molar-refractivity contribution >= 4 is 28.1 Å². The first-order valence-corrected chi connectivity index (χ1v) is 9.73. The van der Waals surface area contributed by atoms with Crippen LogP contribution in [0.4, 0.5) is 0 Å². The Bertz CT molecular complexity index is 1040. The van der Waals surface area contributed by atoms with Gasteiger partial charge in [-0.2, -0.15) is 0 Å². The minimum absolute atomic E-state index is 0.00661. The fraction of sp³-hybridized carbons (Fsp3) is 0.350. The van der Waals surface area contributed by atoms with Crippen LogP contribution >= 0.6 is 11.3 Å². The highest BCUT2D eigenvalue weighted by molar-refractivity contribution is 7.10. The molecule has 3 aromatic rings. The van der Waals surface area contributed by atoms with Gasteiger partial charge in [0.2, 0.25) is 0 Å². The standard InChI is InChI=1S/C20H21N3O2S/c1-12-7-8-13-15(11-26-17(13)9-12)20(25)23(2)10-18-21-16-6-4-3-5-14(16)19(24)22-18/h3-6,11-12H,7-10H2,1-2H3,(H,21,22,24)/t12-/m1/s1. The fourth-order valence-electron chi connectivity index (χ4n) is 3.57. The number of carbonyl (C=O) groups is 1. The van der Waals surface area contributed by atoms with E-state index in [9.17, 15) is 9.59 Å². The molecule has 1 amide bonds. The molecule has 6 heteroatoms. The largest absolute Gasteiger partial charge is 0.334 e. The molecule has 0 bridgehead atoms. The summed E-state index contributed by atoms with van der Waals surface area (Å²) in [7, 11) is 1.76. The molecule has 0 saturated heterocycles. The van der Waals surface area contributed by atoms with Crippen LogP contribution in [0.3, 0.4) is 0 Å². The van der Waals surface area contributed by atoms with Crippen molar-refractivity contribution in [1.29, 1.82) is 0 Å². The third-order valence-electron chi connectivity index (χ3n) is 5.03. The first-order valence-electron chi connectivity index (χ1n) is 8.85. The van der Waals surface area contributed by atoms with Gasteiger partial charge in [-0.05, 0) is 42.9 Å². The Morgan fingerprint density at radius 1 is 1.38 bits per heavy atom. The van der Waals surface area contributed by atoms with Gasteiger partial charge in [-0.3, -0.25) is 9.59 Å². The molecule has 0 unspecified atom stereocenters. The molecule has 134 valence electrons. The van der Waals surface area contributed by atoms with Gasteiger partial charge in [0.05, 0.1) is 23.0 Å². The van der Waals surface area contributed by atoms with E-state index in [0.29, 0.717) is 22.6 Å². The van der Waals surface area contributed by atoms with Crippen LogP contribution in [0.2, 0.25) is 0 Å². The van der Waals surface area contributed by atoms with Crippen molar-refractivity contribution in [3.05, 3.63) is 61.8 Å². The molecular formula is C20H21N3O2S. The second kappa shape index (κ2) is 6.68. The molecule has 1 N–H and O–H groups in total. The number of aromatic amines is 1. The van der Waals surface area contributed by atoms with E-state index in [2.05, 4.69) is 16.9 Å². The van der Waals surface area contributed by atoms with Gasteiger partial charge in [0.15, 0.2) is 0 Å². The van der Waals surface area contributed by atoms with Gasteiger partial charge in [-0.25, -0.2) is 4.98 Å². The van der Waals surface area contributed by atoms with Crippen molar-refractivity contribution in [3.8, 4) is 0 Å². The van der Waals surface area contributed by atoms with Gasteiger partial charge in [-0.1, -0.05) is 19.1 Å². The molecular weight excluding hydrogens is 346 g/mol. The number of aromatic nitrogens is 2. The number of benzene rings is 1. The SMILES string of the molecule is C[C@@H]1CCc2c(C(=O)N(C)Cc3nc4ccccc4c(=O)[nH]3)csc2C1. The highest BCUT2D eigenvalue weighted by atomic mass is 32.1. The molecule has 26 heavy (non-hydrogen) atoms. The second-order valence-corrected chi connectivity index (χ2v) is 8.05. The molecule has 2 heterocycles. The van der Waals surface area contributed by atoms with Crippen LogP contribution in [0.5, 0.6) is 0 Å². The Morgan fingerprint density at radius 2 is 2.19 bits per heavy atom. The van der Waals surface area contributed by atoms with E-state index in [0.717, 1.165) is 24.8 Å². The second-order valence-electron chi connectivity index (χ2n) is 7.09. The summed E-state index contributed by atoms with van der Waals surface area (Å²) in [6.45, 7) is 2.54. The summed E-state index contributed by atoms with van der Waals surface area (Å²) in [5.41, 5.74) is 2.50. The molecule has 0 fully saturated rings. The predicted octanol–water partition coefficient (Wildman–Crippen LogP) is 3.38. The number of nitrogens with zero attached hydrogens (tertiary/aromatic N) is 2. The summed E-state index contributed by atoms with van der Waals surface area (Å²) in [4.78, 5) is 35.4. The molecule has 1 atom stereocenters. The lowest BCUT2D eigenvalue weighted by Gasteiger charge is -2.21. The third kappa shape index (κ3) is 3.05. The number of thiophene rings is 1. The molecule has 1 aliphatic rings. The number of H-pyrrole nitrogens is 1. The van der Waals surface area contributed by atoms with Crippen molar-refractivity contribution < 1.29 is 4.79 Å². The van der Waals surface area contributed by atoms with Gasteiger partial charge < -0.3 is 9.88 Å². The Kier molecular flexibility index (Phi) is 4.36. The van der Waals surface area contributed by atoms with E-state index in [-0.39, 0.29) is 18.0 Å². The number of amides is 1. The molecule has 2 aromatic heterocycles. The Hall–Kier alpha value is -2.47. The summed E-state index contributed by atoms with van der Waals surface area (Å²) in [6.07, 6.45) is 3.17. The number of hydrogen-bond donors (Lipinski definition) is 1. The van der Waals surface area contributed by atoms with Gasteiger partial charge in [0.1, 0.15) is 5.82 Å². The molecule has 0 aliphatic heterocycles. The first-order chi connectivity index (χ1) is 12.5. The molecule has 1 aliphatic carbocycles. The van der Waals surface area contributed by atoms with E-state index in [1.165, 1.54) is 10.4 Å². The number of hydrogen-bond acceptors (Lipinski definition) is 4. The smallest absolute Gasteiger partial charge is 0.258 e. The summed E-state index contributed by atoms with van der Waals surface area (Å²) in [6, 6.07) is 7.23. The average molecular weight is 367 g/mol. The van der Waals surface area contributed by atoms with Crippen LogP contribution in [-0.4, -0.2) is 27.8 Å². The monoisotopic (exact) mass is 367 g/mol. The van der Waals surface area contributed by atoms with Crippen LogP contribution in [0.25, 0.3) is 10.9 Å². The van der Waals surface area contributed by atoms with Gasteiger partial charge in [-0.15, -0.1) is 11.3 Å². The highest BCUT2D eigenvalue weighted by Gasteiger charge is 2.25. The van der Waals surface area contributed by atoms with Gasteiger partial charge >= 0.3 is 0 Å². The first kappa shape index (κ1) is 17.0. The topological polar surface area (TPSA) is 66.1 Å². The van der Waals surface area contributed by atoms with Gasteiger partial charge in [0.25, 0.3) is 11.5 Å². The van der Waals surface area contributed by atoms with Crippen molar-refractivity contribution in [2.24, 2.45) is 5.92 Å². The summed E-state index contributed by atoms with van der Waals surface area (Å²) < 4.78 is 0. The lowest BCUT2D eigenvalue weighted by molar-refractivity contribution is 0.0780.